The highest BCUT2D eigenvalue weighted by Crippen LogP contribution is 2.29. The maximum absolute atomic E-state index is 12.9. The molecule has 1 aliphatic rings. The second-order valence-electron chi connectivity index (χ2n) is 7.13. The van der Waals surface area contributed by atoms with Gasteiger partial charge in [-0.3, -0.25) is 9.69 Å². The Hall–Kier alpha value is -2.19. The zero-order valence-corrected chi connectivity index (χ0v) is 18.6. The molecule has 5 nitrogen and oxygen atoms in total. The van der Waals surface area contributed by atoms with Crippen LogP contribution in [0.2, 0.25) is 5.02 Å². The minimum atomic E-state index is -3.66. The lowest BCUT2D eigenvalue weighted by Crippen LogP contribution is -2.48. The molecule has 2 heterocycles. The minimum Gasteiger partial charge on any atom is -0.335 e. The average Bonchev–Trinajstić information content (AvgIpc) is 3.26. The molecular formula is C22H21ClN2O3S2. The largest absolute Gasteiger partial charge is 0.335 e. The molecule has 0 spiro atoms. The first-order valence-electron chi connectivity index (χ1n) is 9.59. The van der Waals surface area contributed by atoms with Crippen molar-refractivity contribution >= 4 is 38.7 Å². The summed E-state index contributed by atoms with van der Waals surface area (Å²) >= 11 is 6.87. The number of carbonyl (C=O) groups is 1. The van der Waals surface area contributed by atoms with Crippen LogP contribution in [0.3, 0.4) is 0 Å². The summed E-state index contributed by atoms with van der Waals surface area (Å²) in [7, 11) is -3.66. The highest BCUT2D eigenvalue weighted by atomic mass is 35.5. The van der Waals surface area contributed by atoms with E-state index in [1.807, 2.05) is 18.2 Å². The summed E-state index contributed by atoms with van der Waals surface area (Å²) in [6, 6.07) is 19.4. The molecule has 30 heavy (non-hydrogen) atoms. The molecule has 2 aromatic carbocycles. The number of halogens is 1. The van der Waals surface area contributed by atoms with Gasteiger partial charge >= 0.3 is 0 Å². The van der Waals surface area contributed by atoms with Crippen molar-refractivity contribution in [2.24, 2.45) is 0 Å². The summed E-state index contributed by atoms with van der Waals surface area (Å²) in [5.41, 5.74) is 1.26. The minimum absolute atomic E-state index is 0.114. The number of thiophene rings is 1. The molecule has 0 N–H and O–H groups in total. The number of hydrogen-bond acceptors (Lipinski definition) is 5. The predicted molar refractivity (Wildman–Crippen MR) is 119 cm³/mol. The lowest BCUT2D eigenvalue weighted by atomic mass is 10.2. The highest BCUT2D eigenvalue weighted by molar-refractivity contribution is 7.93. The molecule has 0 atom stereocenters. The van der Waals surface area contributed by atoms with Crippen LogP contribution in [0.1, 0.15) is 15.2 Å². The maximum atomic E-state index is 12.9. The van der Waals surface area contributed by atoms with E-state index in [1.54, 1.807) is 23.1 Å². The van der Waals surface area contributed by atoms with Gasteiger partial charge in [-0.1, -0.05) is 41.9 Å². The fourth-order valence-corrected chi connectivity index (χ4v) is 6.22. The molecule has 1 aliphatic heterocycles. The summed E-state index contributed by atoms with van der Waals surface area (Å²) in [5.74, 6) is -0.114. The smallest absolute Gasteiger partial charge is 0.264 e. The van der Waals surface area contributed by atoms with E-state index in [9.17, 15) is 13.2 Å². The van der Waals surface area contributed by atoms with Crippen molar-refractivity contribution in [3.05, 3.63) is 82.2 Å². The van der Waals surface area contributed by atoms with Crippen molar-refractivity contribution in [1.29, 1.82) is 0 Å². The molecule has 1 saturated heterocycles. The van der Waals surface area contributed by atoms with E-state index in [2.05, 4.69) is 17.0 Å². The van der Waals surface area contributed by atoms with E-state index < -0.39 is 9.84 Å². The Balaban J connectivity index is 1.40. The van der Waals surface area contributed by atoms with Gasteiger partial charge in [0.1, 0.15) is 4.21 Å². The van der Waals surface area contributed by atoms with E-state index in [-0.39, 0.29) is 15.0 Å². The van der Waals surface area contributed by atoms with E-state index in [1.165, 1.54) is 23.8 Å². The number of sulfone groups is 1. The zero-order valence-electron chi connectivity index (χ0n) is 16.2. The van der Waals surface area contributed by atoms with Crippen LogP contribution in [-0.2, 0) is 16.4 Å². The monoisotopic (exact) mass is 460 g/mol. The lowest BCUT2D eigenvalue weighted by molar-refractivity contribution is 0.0633. The number of hydrogen-bond donors (Lipinski definition) is 0. The molecule has 1 amide bonds. The Morgan fingerprint density at radius 3 is 2.23 bits per heavy atom. The maximum Gasteiger partial charge on any atom is 0.264 e. The van der Waals surface area contributed by atoms with Gasteiger partial charge in [0.05, 0.1) is 9.77 Å². The number of amides is 1. The van der Waals surface area contributed by atoms with Crippen LogP contribution in [-0.4, -0.2) is 50.3 Å². The summed E-state index contributed by atoms with van der Waals surface area (Å²) < 4.78 is 25.8. The van der Waals surface area contributed by atoms with Crippen molar-refractivity contribution in [1.82, 2.24) is 9.80 Å². The average molecular weight is 461 g/mol. The molecule has 3 aromatic rings. The van der Waals surface area contributed by atoms with Crippen LogP contribution in [0.4, 0.5) is 0 Å². The molecule has 0 saturated carbocycles. The summed E-state index contributed by atoms with van der Waals surface area (Å²) in [4.78, 5) is 17.6. The normalized spacial score (nSPS) is 15.3. The second kappa shape index (κ2) is 8.89. The van der Waals surface area contributed by atoms with E-state index >= 15 is 0 Å². The number of nitrogens with zero attached hydrogens (tertiary/aromatic N) is 2. The summed E-state index contributed by atoms with van der Waals surface area (Å²) in [5, 5.41) is 0.474. The Labute approximate surface area is 185 Å². The van der Waals surface area contributed by atoms with Gasteiger partial charge in [-0.2, -0.15) is 0 Å². The van der Waals surface area contributed by atoms with Gasteiger partial charge in [0, 0.05) is 37.7 Å². The van der Waals surface area contributed by atoms with Gasteiger partial charge in [0.25, 0.3) is 5.91 Å². The van der Waals surface area contributed by atoms with Gasteiger partial charge in [-0.05, 0) is 42.0 Å². The van der Waals surface area contributed by atoms with Crippen molar-refractivity contribution in [2.45, 2.75) is 15.6 Å². The molecule has 0 unspecified atom stereocenters. The zero-order chi connectivity index (χ0) is 21.1. The molecule has 4 rings (SSSR count). The van der Waals surface area contributed by atoms with E-state index in [4.69, 9.17) is 11.6 Å². The third-order valence-electron chi connectivity index (χ3n) is 5.09. The van der Waals surface area contributed by atoms with Gasteiger partial charge in [0.2, 0.25) is 9.84 Å². The first-order chi connectivity index (χ1) is 14.4. The third-order valence-corrected chi connectivity index (χ3v) is 8.68. The van der Waals surface area contributed by atoms with Crippen LogP contribution in [0.5, 0.6) is 0 Å². The molecular weight excluding hydrogens is 440 g/mol. The number of rotatable bonds is 5. The second-order valence-corrected chi connectivity index (χ2v) is 10.8. The fourth-order valence-electron chi connectivity index (χ4n) is 3.42. The Morgan fingerprint density at radius 2 is 1.57 bits per heavy atom. The van der Waals surface area contributed by atoms with Gasteiger partial charge < -0.3 is 4.90 Å². The molecule has 8 heteroatoms. The SMILES string of the molecule is O=C(c1ccc(S(=O)(=O)c2ccc(Cl)cc2)s1)N1CCN(Cc2ccccc2)CC1. The first kappa shape index (κ1) is 21.1. The first-order valence-corrected chi connectivity index (χ1v) is 12.3. The van der Waals surface area contributed by atoms with Gasteiger partial charge in [-0.25, -0.2) is 8.42 Å². The molecule has 0 aliphatic carbocycles. The van der Waals surface area contributed by atoms with E-state index in [0.29, 0.717) is 23.0 Å². The number of piperazine rings is 1. The van der Waals surface area contributed by atoms with Gasteiger partial charge in [-0.15, -0.1) is 11.3 Å². The number of carbonyl (C=O) groups excluding carboxylic acids is 1. The molecule has 0 bridgehead atoms. The Kier molecular flexibility index (Phi) is 6.24. The Morgan fingerprint density at radius 1 is 0.900 bits per heavy atom. The topological polar surface area (TPSA) is 57.7 Å². The third kappa shape index (κ3) is 4.59. The molecule has 1 aromatic heterocycles. The van der Waals surface area contributed by atoms with Crippen LogP contribution in [0.25, 0.3) is 0 Å². The summed E-state index contributed by atoms with van der Waals surface area (Å²) in [6.07, 6.45) is 0. The van der Waals surface area contributed by atoms with Crippen molar-refractivity contribution in [3.8, 4) is 0 Å². The van der Waals surface area contributed by atoms with Gasteiger partial charge in [0.15, 0.2) is 0 Å². The highest BCUT2D eigenvalue weighted by Gasteiger charge is 2.26. The van der Waals surface area contributed by atoms with Crippen molar-refractivity contribution in [2.75, 3.05) is 26.2 Å². The molecule has 0 radical (unpaired) electrons. The van der Waals surface area contributed by atoms with Crippen molar-refractivity contribution in [3.63, 3.8) is 0 Å². The molecule has 1 fully saturated rings. The van der Waals surface area contributed by atoms with Crippen LogP contribution in [0, 0.1) is 0 Å². The molecule has 156 valence electrons. The summed E-state index contributed by atoms with van der Waals surface area (Å²) in [6.45, 7) is 3.71. The van der Waals surface area contributed by atoms with Crippen LogP contribution in [0.15, 0.2) is 75.8 Å². The van der Waals surface area contributed by atoms with Crippen LogP contribution >= 0.6 is 22.9 Å². The van der Waals surface area contributed by atoms with Crippen molar-refractivity contribution < 1.29 is 13.2 Å². The quantitative estimate of drug-likeness (QED) is 0.572. The van der Waals surface area contributed by atoms with E-state index in [0.717, 1.165) is 31.0 Å². The predicted octanol–water partition coefficient (Wildman–Crippen LogP) is 4.19. The van der Waals surface area contributed by atoms with Crippen LogP contribution < -0.4 is 0 Å². The number of benzene rings is 2. The Bertz CT molecular complexity index is 1120. The lowest BCUT2D eigenvalue weighted by Gasteiger charge is -2.34. The fraction of sp³-hybridized carbons (Fsp3) is 0.227. The standard InChI is InChI=1S/C22H21ClN2O3S2/c23-18-6-8-19(9-7-18)30(27,28)21-11-10-20(29-21)22(26)25-14-12-24(13-15-25)16-17-4-2-1-3-5-17/h1-11H,12-16H2.